The summed E-state index contributed by atoms with van der Waals surface area (Å²) in [7, 11) is 0. The van der Waals surface area contributed by atoms with Crippen LogP contribution in [-0.4, -0.2) is 53.0 Å². The second-order valence-corrected chi connectivity index (χ2v) is 5.33. The molecule has 1 aliphatic heterocycles. The van der Waals surface area contributed by atoms with E-state index in [1.54, 1.807) is 4.90 Å². The predicted octanol–water partition coefficient (Wildman–Crippen LogP) is 1.54. The number of benzene rings is 1. The Kier molecular flexibility index (Phi) is 4.96. The largest absolute Gasteiger partial charge is 0.481 e. The number of carbonyl (C=O) groups excluding carboxylic acids is 1. The number of aliphatic carboxylic acids is 1. The Balaban J connectivity index is 2.14. The molecule has 1 aliphatic rings. The number of nitrogens with zero attached hydrogens (tertiary/aromatic N) is 2. The number of carboxylic acid groups (broad SMARTS) is 1. The minimum Gasteiger partial charge on any atom is -0.481 e. The summed E-state index contributed by atoms with van der Waals surface area (Å²) in [6, 6.07) is 7.59. The number of likely N-dealkylation sites (N-methyl/N-ethyl adjacent to an activating group) is 1. The summed E-state index contributed by atoms with van der Waals surface area (Å²) >= 11 is 0. The number of fused-ring (bicyclic) bond motifs is 1. The number of carbonyl (C=O) groups is 2. The third-order valence-corrected chi connectivity index (χ3v) is 4.04. The minimum atomic E-state index is -0.831. The van der Waals surface area contributed by atoms with Crippen molar-refractivity contribution in [2.24, 2.45) is 0 Å². The monoisotopic (exact) mass is 290 g/mol. The van der Waals surface area contributed by atoms with Gasteiger partial charge in [-0.15, -0.1) is 0 Å². The highest BCUT2D eigenvalue weighted by Crippen LogP contribution is 2.28. The van der Waals surface area contributed by atoms with Crippen molar-refractivity contribution in [2.75, 3.05) is 26.2 Å². The molecule has 1 N–H and O–H groups in total. The van der Waals surface area contributed by atoms with E-state index in [0.29, 0.717) is 26.2 Å². The Morgan fingerprint density at radius 1 is 1.29 bits per heavy atom. The third-order valence-electron chi connectivity index (χ3n) is 4.04. The minimum absolute atomic E-state index is 0.0588. The van der Waals surface area contributed by atoms with Crippen LogP contribution in [0.5, 0.6) is 0 Å². The van der Waals surface area contributed by atoms with E-state index >= 15 is 0 Å². The summed E-state index contributed by atoms with van der Waals surface area (Å²) in [5, 5.41) is 9.42. The lowest BCUT2D eigenvalue weighted by molar-refractivity contribution is -0.141. The summed E-state index contributed by atoms with van der Waals surface area (Å²) in [6.45, 7) is 6.57. The molecule has 2 rings (SSSR count). The van der Waals surface area contributed by atoms with Crippen molar-refractivity contribution in [3.63, 3.8) is 0 Å². The summed E-state index contributed by atoms with van der Waals surface area (Å²) in [6.07, 6.45) is 0. The van der Waals surface area contributed by atoms with Gasteiger partial charge in [0.05, 0.1) is 12.5 Å². The van der Waals surface area contributed by atoms with Gasteiger partial charge in [-0.3, -0.25) is 14.5 Å². The molecule has 1 heterocycles. The van der Waals surface area contributed by atoms with Crippen molar-refractivity contribution in [1.82, 2.24) is 9.80 Å². The highest BCUT2D eigenvalue weighted by Gasteiger charge is 2.31. The summed E-state index contributed by atoms with van der Waals surface area (Å²) in [5.74, 6) is -1.33. The van der Waals surface area contributed by atoms with Gasteiger partial charge >= 0.3 is 5.97 Å². The van der Waals surface area contributed by atoms with E-state index < -0.39 is 11.9 Å². The van der Waals surface area contributed by atoms with Gasteiger partial charge in [-0.05, 0) is 25.0 Å². The molecule has 5 nitrogen and oxygen atoms in total. The van der Waals surface area contributed by atoms with Gasteiger partial charge in [-0.25, -0.2) is 0 Å². The fourth-order valence-electron chi connectivity index (χ4n) is 2.88. The lowest BCUT2D eigenvalue weighted by Gasteiger charge is -2.33. The van der Waals surface area contributed by atoms with Crippen molar-refractivity contribution < 1.29 is 14.7 Å². The van der Waals surface area contributed by atoms with Crippen LogP contribution in [0.2, 0.25) is 0 Å². The fourth-order valence-corrected chi connectivity index (χ4v) is 2.88. The van der Waals surface area contributed by atoms with Crippen molar-refractivity contribution in [2.45, 2.75) is 26.3 Å². The van der Waals surface area contributed by atoms with E-state index in [4.69, 9.17) is 0 Å². The molecule has 0 bridgehead atoms. The Labute approximate surface area is 125 Å². The summed E-state index contributed by atoms with van der Waals surface area (Å²) < 4.78 is 0. The molecule has 21 heavy (non-hydrogen) atoms. The molecule has 1 unspecified atom stereocenters. The van der Waals surface area contributed by atoms with Crippen LogP contribution in [0.4, 0.5) is 0 Å². The van der Waals surface area contributed by atoms with Crippen LogP contribution in [0.15, 0.2) is 24.3 Å². The number of amides is 1. The van der Waals surface area contributed by atoms with Crippen molar-refractivity contribution in [3.05, 3.63) is 35.4 Å². The maximum absolute atomic E-state index is 12.2. The highest BCUT2D eigenvalue weighted by atomic mass is 16.4. The van der Waals surface area contributed by atoms with Crippen molar-refractivity contribution in [1.29, 1.82) is 0 Å². The van der Waals surface area contributed by atoms with E-state index in [-0.39, 0.29) is 12.5 Å². The Hall–Kier alpha value is -1.88. The molecule has 1 aromatic carbocycles. The molecule has 0 aliphatic carbocycles. The van der Waals surface area contributed by atoms with Crippen LogP contribution >= 0.6 is 0 Å². The zero-order valence-corrected chi connectivity index (χ0v) is 12.6. The second-order valence-electron chi connectivity index (χ2n) is 5.33. The van der Waals surface area contributed by atoms with Crippen LogP contribution in [0, 0.1) is 0 Å². The third kappa shape index (κ3) is 3.42. The highest BCUT2D eigenvalue weighted by molar-refractivity contribution is 5.79. The average Bonchev–Trinajstić information content (AvgIpc) is 2.47. The number of hydrogen-bond acceptors (Lipinski definition) is 3. The predicted molar refractivity (Wildman–Crippen MR) is 80.0 cm³/mol. The van der Waals surface area contributed by atoms with Gasteiger partial charge in [-0.1, -0.05) is 24.3 Å². The van der Waals surface area contributed by atoms with Crippen molar-refractivity contribution >= 4 is 11.9 Å². The molecule has 0 saturated carbocycles. The molecule has 0 saturated heterocycles. The molecule has 0 aromatic heterocycles. The summed E-state index contributed by atoms with van der Waals surface area (Å²) in [4.78, 5) is 27.4. The first-order chi connectivity index (χ1) is 10.1. The zero-order valence-electron chi connectivity index (χ0n) is 12.6. The van der Waals surface area contributed by atoms with Crippen LogP contribution in [0.3, 0.4) is 0 Å². The number of hydrogen-bond donors (Lipinski definition) is 1. The molecule has 114 valence electrons. The van der Waals surface area contributed by atoms with Gasteiger partial charge in [0.2, 0.25) is 5.91 Å². The van der Waals surface area contributed by atoms with Crippen LogP contribution in [0.25, 0.3) is 0 Å². The Bertz CT molecular complexity index is 526. The first-order valence-corrected chi connectivity index (χ1v) is 7.37. The zero-order chi connectivity index (χ0) is 15.4. The van der Waals surface area contributed by atoms with E-state index in [9.17, 15) is 14.7 Å². The van der Waals surface area contributed by atoms with E-state index in [0.717, 1.165) is 11.1 Å². The van der Waals surface area contributed by atoms with Crippen LogP contribution in [-0.2, 0) is 16.1 Å². The van der Waals surface area contributed by atoms with Gasteiger partial charge in [-0.2, -0.15) is 0 Å². The van der Waals surface area contributed by atoms with Gasteiger partial charge < -0.3 is 10.0 Å². The second kappa shape index (κ2) is 6.72. The molecule has 0 radical (unpaired) electrons. The van der Waals surface area contributed by atoms with E-state index in [2.05, 4.69) is 0 Å². The smallest absolute Gasteiger partial charge is 0.312 e. The average molecular weight is 290 g/mol. The lowest BCUT2D eigenvalue weighted by atomic mass is 9.90. The van der Waals surface area contributed by atoms with E-state index in [1.165, 1.54) is 0 Å². The van der Waals surface area contributed by atoms with Crippen molar-refractivity contribution in [3.8, 4) is 0 Å². The van der Waals surface area contributed by atoms with Crippen LogP contribution in [0.1, 0.15) is 30.9 Å². The molecule has 0 fully saturated rings. The van der Waals surface area contributed by atoms with E-state index in [1.807, 2.05) is 43.0 Å². The maximum atomic E-state index is 12.2. The Morgan fingerprint density at radius 2 is 1.95 bits per heavy atom. The Morgan fingerprint density at radius 3 is 2.57 bits per heavy atom. The van der Waals surface area contributed by atoms with Gasteiger partial charge in [0.15, 0.2) is 0 Å². The molecular weight excluding hydrogens is 268 g/mol. The fraction of sp³-hybridized carbons (Fsp3) is 0.500. The maximum Gasteiger partial charge on any atom is 0.312 e. The molecule has 1 aromatic rings. The molecule has 1 amide bonds. The number of carboxylic acids is 1. The molecule has 1 atom stereocenters. The van der Waals surface area contributed by atoms with Gasteiger partial charge in [0, 0.05) is 26.2 Å². The first-order valence-electron chi connectivity index (χ1n) is 7.37. The number of rotatable bonds is 5. The topological polar surface area (TPSA) is 60.9 Å². The van der Waals surface area contributed by atoms with Gasteiger partial charge in [0.25, 0.3) is 0 Å². The molecular formula is C16H22N2O3. The quantitative estimate of drug-likeness (QED) is 0.893. The lowest BCUT2D eigenvalue weighted by Crippen LogP contribution is -2.44. The first kappa shape index (κ1) is 15.5. The standard InChI is InChI=1S/C16H22N2O3/c1-3-18(4-2)15(19)11-17-9-12-7-5-6-8-13(12)14(10-17)16(20)21/h5-8,14H,3-4,9-11H2,1-2H3,(H,20,21). The summed E-state index contributed by atoms with van der Waals surface area (Å²) in [5.41, 5.74) is 1.88. The van der Waals surface area contributed by atoms with Crippen LogP contribution < -0.4 is 0 Å². The normalized spacial score (nSPS) is 18.1. The molecule has 5 heteroatoms. The molecule has 0 spiro atoms. The SMILES string of the molecule is CCN(CC)C(=O)CN1Cc2ccccc2C(C(=O)O)C1. The van der Waals surface area contributed by atoms with Gasteiger partial charge in [0.1, 0.15) is 0 Å².